The van der Waals surface area contributed by atoms with Gasteiger partial charge in [-0.05, 0) is 32.3 Å². The van der Waals surface area contributed by atoms with Crippen molar-refractivity contribution < 1.29 is 29.0 Å². The molecule has 0 aliphatic carbocycles. The van der Waals surface area contributed by atoms with Crippen molar-refractivity contribution in [3.05, 3.63) is 61.2 Å². The van der Waals surface area contributed by atoms with Crippen LogP contribution in [0.25, 0.3) is 0 Å². The van der Waals surface area contributed by atoms with Gasteiger partial charge in [0.25, 0.3) is 0 Å². The Morgan fingerprint density at radius 2 is 2.00 bits per heavy atom. The number of esters is 1. The Balaban J connectivity index is 1.82. The molecule has 3 fully saturated rings. The Morgan fingerprint density at radius 3 is 2.60 bits per heavy atom. The first-order valence-corrected chi connectivity index (χ1v) is 12.2. The van der Waals surface area contributed by atoms with Gasteiger partial charge in [-0.15, -0.1) is 6.58 Å². The third-order valence-electron chi connectivity index (χ3n) is 7.51. The van der Waals surface area contributed by atoms with Crippen molar-refractivity contribution in [3.8, 4) is 0 Å². The van der Waals surface area contributed by atoms with E-state index in [4.69, 9.17) is 9.47 Å². The van der Waals surface area contributed by atoms with E-state index in [1.807, 2.05) is 44.2 Å². The molecule has 1 aromatic rings. The third kappa shape index (κ3) is 3.98. The molecule has 0 aromatic heterocycles. The number of likely N-dealkylation sites (tertiary alicyclic amines) is 1. The van der Waals surface area contributed by atoms with Crippen LogP contribution >= 0.6 is 0 Å². The Bertz CT molecular complexity index is 995. The molecule has 6 atom stereocenters. The highest BCUT2D eigenvalue weighted by Gasteiger charge is 2.75. The first-order chi connectivity index (χ1) is 16.8. The zero-order valence-corrected chi connectivity index (χ0v) is 20.3. The number of hydrogen-bond acceptors (Lipinski definition) is 6. The van der Waals surface area contributed by atoms with Crippen LogP contribution in [0.3, 0.4) is 0 Å². The van der Waals surface area contributed by atoms with E-state index in [2.05, 4.69) is 13.2 Å². The molecule has 1 N–H and O–H groups in total. The van der Waals surface area contributed by atoms with Crippen molar-refractivity contribution in [1.29, 1.82) is 0 Å². The molecule has 8 nitrogen and oxygen atoms in total. The van der Waals surface area contributed by atoms with E-state index >= 15 is 0 Å². The Morgan fingerprint density at radius 1 is 1.29 bits per heavy atom. The number of rotatable bonds is 10. The van der Waals surface area contributed by atoms with Crippen molar-refractivity contribution >= 4 is 17.8 Å². The second-order valence-electron chi connectivity index (χ2n) is 9.70. The number of hydrogen-bond donors (Lipinski definition) is 1. The molecule has 1 spiro atoms. The van der Waals surface area contributed by atoms with Crippen LogP contribution in [-0.4, -0.2) is 76.2 Å². The van der Waals surface area contributed by atoms with E-state index in [0.29, 0.717) is 24.9 Å². The SMILES string of the molecule is C=CCOC(=O)[C@@H]1[C@H]2C(=O)N([C@H](CO)c3ccccc3)C(C(=O)N(CC=C)C(C)C)C23CC[C@H]1O3. The van der Waals surface area contributed by atoms with Crippen LogP contribution in [0.2, 0.25) is 0 Å². The number of benzene rings is 1. The van der Waals surface area contributed by atoms with E-state index in [1.165, 1.54) is 11.0 Å². The minimum atomic E-state index is -1.16. The van der Waals surface area contributed by atoms with Gasteiger partial charge >= 0.3 is 5.97 Å². The van der Waals surface area contributed by atoms with Crippen molar-refractivity contribution in [1.82, 2.24) is 9.80 Å². The fourth-order valence-electron chi connectivity index (χ4n) is 6.09. The van der Waals surface area contributed by atoms with E-state index in [-0.39, 0.29) is 31.1 Å². The molecule has 8 heteroatoms. The van der Waals surface area contributed by atoms with E-state index in [9.17, 15) is 19.5 Å². The lowest BCUT2D eigenvalue weighted by atomic mass is 9.70. The van der Waals surface area contributed by atoms with Gasteiger partial charge in [0.15, 0.2) is 0 Å². The molecule has 2 bridgehead atoms. The average molecular weight is 483 g/mol. The molecule has 0 saturated carbocycles. The Kier molecular flexibility index (Phi) is 7.15. The average Bonchev–Trinajstić information content (AvgIpc) is 3.49. The minimum Gasteiger partial charge on any atom is -0.461 e. The third-order valence-corrected chi connectivity index (χ3v) is 7.51. The van der Waals surface area contributed by atoms with Crippen LogP contribution in [0, 0.1) is 11.8 Å². The summed E-state index contributed by atoms with van der Waals surface area (Å²) in [4.78, 5) is 44.4. The molecule has 3 saturated heterocycles. The summed E-state index contributed by atoms with van der Waals surface area (Å²) in [6.45, 7) is 11.1. The van der Waals surface area contributed by atoms with Crippen LogP contribution in [0.4, 0.5) is 0 Å². The van der Waals surface area contributed by atoms with Gasteiger partial charge < -0.3 is 24.4 Å². The quantitative estimate of drug-likeness (QED) is 0.406. The van der Waals surface area contributed by atoms with Gasteiger partial charge in [0.2, 0.25) is 11.8 Å². The van der Waals surface area contributed by atoms with Gasteiger partial charge in [0, 0.05) is 12.6 Å². The molecule has 3 aliphatic heterocycles. The van der Waals surface area contributed by atoms with Gasteiger partial charge in [-0.2, -0.15) is 0 Å². The normalized spacial score (nSPS) is 29.7. The maximum absolute atomic E-state index is 14.2. The van der Waals surface area contributed by atoms with Crippen molar-refractivity contribution in [2.75, 3.05) is 19.8 Å². The first-order valence-electron chi connectivity index (χ1n) is 12.2. The summed E-state index contributed by atoms with van der Waals surface area (Å²) in [7, 11) is 0. The summed E-state index contributed by atoms with van der Waals surface area (Å²) in [5.41, 5.74) is -0.453. The summed E-state index contributed by atoms with van der Waals surface area (Å²) < 4.78 is 11.8. The number of amides is 2. The van der Waals surface area contributed by atoms with Gasteiger partial charge in [0.1, 0.15) is 18.2 Å². The Labute approximate surface area is 206 Å². The molecular formula is C27H34N2O6. The maximum atomic E-state index is 14.2. The van der Waals surface area contributed by atoms with E-state index < -0.39 is 41.6 Å². The Hall–Kier alpha value is -2.97. The predicted octanol–water partition coefficient (Wildman–Crippen LogP) is 2.25. The molecule has 1 aromatic carbocycles. The molecule has 3 heterocycles. The first kappa shape index (κ1) is 25.1. The standard InChI is InChI=1S/C27H34N2O6/c1-5-14-28(17(3)4)25(32)23-27-13-12-20(35-27)21(26(33)34-15-6-2)22(27)24(31)29(23)19(16-30)18-10-8-7-9-11-18/h5-11,17,19-23,30H,1-2,12-16H2,3-4H3/t19-,20-,21+,22+,23?,27?/m1/s1. The van der Waals surface area contributed by atoms with Crippen LogP contribution in [0.1, 0.15) is 38.3 Å². The summed E-state index contributed by atoms with van der Waals surface area (Å²) in [5, 5.41) is 10.5. The van der Waals surface area contributed by atoms with E-state index in [0.717, 1.165) is 0 Å². The topological polar surface area (TPSA) is 96.4 Å². The number of carbonyl (C=O) groups excluding carboxylic acids is 3. The van der Waals surface area contributed by atoms with Crippen LogP contribution in [0.5, 0.6) is 0 Å². The molecule has 0 radical (unpaired) electrons. The number of aliphatic hydroxyl groups excluding tert-OH is 1. The summed E-state index contributed by atoms with van der Waals surface area (Å²) in [5.74, 6) is -2.82. The fraction of sp³-hybridized carbons (Fsp3) is 0.519. The van der Waals surface area contributed by atoms with Crippen LogP contribution in [-0.2, 0) is 23.9 Å². The van der Waals surface area contributed by atoms with Crippen molar-refractivity contribution in [2.45, 2.75) is 56.5 Å². The van der Waals surface area contributed by atoms with E-state index in [1.54, 1.807) is 11.0 Å². The molecule has 4 rings (SSSR count). The summed E-state index contributed by atoms with van der Waals surface area (Å²) in [6.07, 6.45) is 3.66. The fourth-order valence-corrected chi connectivity index (χ4v) is 6.09. The van der Waals surface area contributed by atoms with Crippen LogP contribution < -0.4 is 0 Å². The van der Waals surface area contributed by atoms with Crippen molar-refractivity contribution in [2.24, 2.45) is 11.8 Å². The van der Waals surface area contributed by atoms with Crippen LogP contribution in [0.15, 0.2) is 55.6 Å². The summed E-state index contributed by atoms with van der Waals surface area (Å²) in [6, 6.07) is 7.24. The number of fused-ring (bicyclic) bond motifs is 1. The number of aliphatic hydroxyl groups is 1. The highest BCUT2D eigenvalue weighted by atomic mass is 16.6. The molecule has 35 heavy (non-hydrogen) atoms. The molecule has 3 aliphatic rings. The monoisotopic (exact) mass is 482 g/mol. The second-order valence-corrected chi connectivity index (χ2v) is 9.70. The lowest BCUT2D eigenvalue weighted by Gasteiger charge is -2.40. The van der Waals surface area contributed by atoms with Gasteiger partial charge in [0.05, 0.1) is 30.6 Å². The smallest absolute Gasteiger partial charge is 0.312 e. The number of nitrogens with zero attached hydrogens (tertiary/aromatic N) is 2. The number of carbonyl (C=O) groups is 3. The second kappa shape index (κ2) is 9.95. The zero-order valence-electron chi connectivity index (χ0n) is 20.3. The molecule has 2 amide bonds. The maximum Gasteiger partial charge on any atom is 0.312 e. The largest absolute Gasteiger partial charge is 0.461 e. The minimum absolute atomic E-state index is 0.0335. The lowest BCUT2D eigenvalue weighted by Crippen LogP contribution is -2.58. The number of ether oxygens (including phenoxy) is 2. The molecular weight excluding hydrogens is 448 g/mol. The van der Waals surface area contributed by atoms with Gasteiger partial charge in [-0.1, -0.05) is 49.1 Å². The van der Waals surface area contributed by atoms with Gasteiger partial charge in [-0.3, -0.25) is 14.4 Å². The van der Waals surface area contributed by atoms with Gasteiger partial charge in [-0.25, -0.2) is 0 Å². The van der Waals surface area contributed by atoms with Crippen molar-refractivity contribution in [3.63, 3.8) is 0 Å². The highest BCUT2D eigenvalue weighted by molar-refractivity contribution is 5.98. The summed E-state index contributed by atoms with van der Waals surface area (Å²) >= 11 is 0. The highest BCUT2D eigenvalue weighted by Crippen LogP contribution is 2.60. The molecule has 2 unspecified atom stereocenters. The molecule has 188 valence electrons. The predicted molar refractivity (Wildman–Crippen MR) is 129 cm³/mol. The lowest BCUT2D eigenvalue weighted by molar-refractivity contribution is -0.156. The zero-order chi connectivity index (χ0) is 25.3.